The van der Waals surface area contributed by atoms with E-state index in [1.807, 2.05) is 0 Å². The summed E-state index contributed by atoms with van der Waals surface area (Å²) in [6.45, 7) is 0. The molecule has 0 atom stereocenters. The van der Waals surface area contributed by atoms with Crippen molar-refractivity contribution in [1.82, 2.24) is 0 Å². The lowest BCUT2D eigenvalue weighted by molar-refractivity contribution is -0.138. The number of hydrogen-bond acceptors (Lipinski definition) is 4. The van der Waals surface area contributed by atoms with E-state index >= 15 is 0 Å². The Kier molecular flexibility index (Phi) is 5.03. The number of ether oxygens (including phenoxy) is 2. The van der Waals surface area contributed by atoms with Gasteiger partial charge in [0.1, 0.15) is 11.5 Å². The molecule has 0 saturated heterocycles. The van der Waals surface area contributed by atoms with Gasteiger partial charge in [0.25, 0.3) is 0 Å². The molecule has 23 heavy (non-hydrogen) atoms. The number of alkyl halides is 3. The predicted octanol–water partition coefficient (Wildman–Crippen LogP) is 4.47. The van der Waals surface area contributed by atoms with Gasteiger partial charge in [-0.25, -0.2) is 4.79 Å². The molecule has 122 valence electrons. The van der Waals surface area contributed by atoms with E-state index in [4.69, 9.17) is 10.5 Å². The Morgan fingerprint density at radius 1 is 1.17 bits per heavy atom. The number of carbonyl (C=O) groups is 1. The molecule has 0 spiro atoms. The average Bonchev–Trinajstić information content (AvgIpc) is 2.49. The molecule has 0 aliphatic rings. The van der Waals surface area contributed by atoms with Crippen LogP contribution in [0.3, 0.4) is 0 Å². The quantitative estimate of drug-likeness (QED) is 0.438. The highest BCUT2D eigenvalue weighted by Gasteiger charge is 2.34. The number of carbonyl (C=O) groups excluding carboxylic acids is 1. The largest absolute Gasteiger partial charge is 0.465 e. The summed E-state index contributed by atoms with van der Waals surface area (Å²) in [6, 6.07) is 7.66. The maximum atomic E-state index is 13.1. The summed E-state index contributed by atoms with van der Waals surface area (Å²) in [5.74, 6) is -1.02. The van der Waals surface area contributed by atoms with Gasteiger partial charge in [0.15, 0.2) is 0 Å². The lowest BCUT2D eigenvalue weighted by Gasteiger charge is -2.15. The second-order valence-corrected chi connectivity index (χ2v) is 5.73. The number of esters is 1. The molecule has 0 aliphatic heterocycles. The Morgan fingerprint density at radius 2 is 1.87 bits per heavy atom. The predicted molar refractivity (Wildman–Crippen MR) is 86.4 cm³/mol. The standard InChI is InChI=1S/C15H11F3INO3/c1-22-14(21)10-7-9(3-4-12(10)20)23-13-5-2-8(19)6-11(13)15(16,17)18/h2-7H,20H2,1H3. The van der Waals surface area contributed by atoms with Gasteiger partial charge in [-0.05, 0) is 59.0 Å². The summed E-state index contributed by atoms with van der Waals surface area (Å²) < 4.78 is 49.5. The van der Waals surface area contributed by atoms with Crippen LogP contribution in [0, 0.1) is 3.57 Å². The van der Waals surface area contributed by atoms with Crippen molar-refractivity contribution in [3.63, 3.8) is 0 Å². The van der Waals surface area contributed by atoms with E-state index in [9.17, 15) is 18.0 Å². The fraction of sp³-hybridized carbons (Fsp3) is 0.133. The highest BCUT2D eigenvalue weighted by Crippen LogP contribution is 2.39. The second kappa shape index (κ2) is 6.65. The summed E-state index contributed by atoms with van der Waals surface area (Å²) in [4.78, 5) is 11.6. The van der Waals surface area contributed by atoms with Gasteiger partial charge in [-0.1, -0.05) is 0 Å². The van der Waals surface area contributed by atoms with Crippen molar-refractivity contribution in [2.24, 2.45) is 0 Å². The van der Waals surface area contributed by atoms with Gasteiger partial charge in [0, 0.05) is 9.26 Å². The summed E-state index contributed by atoms with van der Waals surface area (Å²) in [6.07, 6.45) is -4.56. The maximum Gasteiger partial charge on any atom is 0.420 e. The van der Waals surface area contributed by atoms with Crippen LogP contribution in [-0.2, 0) is 10.9 Å². The van der Waals surface area contributed by atoms with E-state index in [1.165, 1.54) is 37.4 Å². The van der Waals surface area contributed by atoms with E-state index in [1.54, 1.807) is 22.6 Å². The van der Waals surface area contributed by atoms with Crippen molar-refractivity contribution < 1.29 is 27.4 Å². The number of methoxy groups -OCH3 is 1. The van der Waals surface area contributed by atoms with Crippen LogP contribution < -0.4 is 10.5 Å². The first kappa shape index (κ1) is 17.4. The van der Waals surface area contributed by atoms with Crippen LogP contribution >= 0.6 is 22.6 Å². The molecule has 2 N–H and O–H groups in total. The Bertz CT molecular complexity index is 747. The first-order valence-electron chi connectivity index (χ1n) is 6.25. The maximum absolute atomic E-state index is 13.1. The van der Waals surface area contributed by atoms with E-state index in [0.29, 0.717) is 3.57 Å². The van der Waals surface area contributed by atoms with E-state index in [0.717, 1.165) is 6.07 Å². The van der Waals surface area contributed by atoms with Crippen LogP contribution in [0.1, 0.15) is 15.9 Å². The van der Waals surface area contributed by atoms with E-state index in [-0.39, 0.29) is 22.7 Å². The molecule has 0 aromatic heterocycles. The zero-order valence-electron chi connectivity index (χ0n) is 11.8. The lowest BCUT2D eigenvalue weighted by Crippen LogP contribution is -2.08. The number of nitrogen functional groups attached to an aromatic ring is 1. The summed E-state index contributed by atoms with van der Waals surface area (Å²) in [5.41, 5.74) is 4.90. The van der Waals surface area contributed by atoms with Crippen LogP contribution in [0.5, 0.6) is 11.5 Å². The minimum absolute atomic E-state index is 0.0177. The number of hydrogen-bond donors (Lipinski definition) is 1. The number of halogens is 4. The number of benzene rings is 2. The third-order valence-electron chi connectivity index (χ3n) is 2.90. The van der Waals surface area contributed by atoms with Gasteiger partial charge < -0.3 is 15.2 Å². The summed E-state index contributed by atoms with van der Waals surface area (Å²) in [5, 5.41) is 0. The van der Waals surface area contributed by atoms with Crippen molar-refractivity contribution in [1.29, 1.82) is 0 Å². The highest BCUT2D eigenvalue weighted by molar-refractivity contribution is 14.1. The van der Waals surface area contributed by atoms with Crippen LogP contribution in [0.4, 0.5) is 18.9 Å². The van der Waals surface area contributed by atoms with Gasteiger partial charge >= 0.3 is 12.1 Å². The Morgan fingerprint density at radius 3 is 2.48 bits per heavy atom. The Hall–Kier alpha value is -1.97. The first-order valence-corrected chi connectivity index (χ1v) is 7.32. The third-order valence-corrected chi connectivity index (χ3v) is 3.58. The average molecular weight is 437 g/mol. The van der Waals surface area contributed by atoms with Gasteiger partial charge in [0.05, 0.1) is 18.2 Å². The minimum Gasteiger partial charge on any atom is -0.465 e. The highest BCUT2D eigenvalue weighted by atomic mass is 127. The molecule has 0 heterocycles. The van der Waals surface area contributed by atoms with Crippen molar-refractivity contribution in [2.45, 2.75) is 6.18 Å². The van der Waals surface area contributed by atoms with Gasteiger partial charge in [-0.15, -0.1) is 0 Å². The van der Waals surface area contributed by atoms with Crippen molar-refractivity contribution in [3.8, 4) is 11.5 Å². The molecule has 0 radical (unpaired) electrons. The molecule has 0 fully saturated rings. The molecule has 2 aromatic rings. The van der Waals surface area contributed by atoms with Gasteiger partial charge in [-0.3, -0.25) is 0 Å². The van der Waals surface area contributed by atoms with E-state index < -0.39 is 17.7 Å². The topological polar surface area (TPSA) is 61.5 Å². The van der Waals surface area contributed by atoms with Gasteiger partial charge in [0.2, 0.25) is 0 Å². The monoisotopic (exact) mass is 437 g/mol. The minimum atomic E-state index is -4.56. The van der Waals surface area contributed by atoms with Crippen LogP contribution in [0.2, 0.25) is 0 Å². The molecule has 0 saturated carbocycles. The van der Waals surface area contributed by atoms with Crippen LogP contribution in [0.15, 0.2) is 36.4 Å². The molecule has 2 rings (SSSR count). The summed E-state index contributed by atoms with van der Waals surface area (Å²) in [7, 11) is 1.18. The normalized spacial score (nSPS) is 11.2. The molecule has 0 unspecified atom stereocenters. The third kappa shape index (κ3) is 4.06. The van der Waals surface area contributed by atoms with Crippen molar-refractivity contribution in [3.05, 3.63) is 51.1 Å². The number of anilines is 1. The molecular formula is C15H11F3INO3. The molecule has 0 aliphatic carbocycles. The van der Waals surface area contributed by atoms with E-state index in [2.05, 4.69) is 4.74 Å². The number of rotatable bonds is 3. The number of nitrogens with two attached hydrogens (primary N) is 1. The fourth-order valence-corrected chi connectivity index (χ4v) is 2.32. The molecule has 4 nitrogen and oxygen atoms in total. The Labute approximate surface area is 143 Å². The summed E-state index contributed by atoms with van der Waals surface area (Å²) >= 11 is 1.78. The fourth-order valence-electron chi connectivity index (χ4n) is 1.83. The molecular weight excluding hydrogens is 426 g/mol. The molecule has 0 bridgehead atoms. The van der Waals surface area contributed by atoms with Gasteiger partial charge in [-0.2, -0.15) is 13.2 Å². The lowest BCUT2D eigenvalue weighted by atomic mass is 10.1. The molecule has 0 amide bonds. The zero-order valence-corrected chi connectivity index (χ0v) is 13.9. The zero-order chi connectivity index (χ0) is 17.2. The van der Waals surface area contributed by atoms with Crippen LogP contribution in [0.25, 0.3) is 0 Å². The second-order valence-electron chi connectivity index (χ2n) is 4.48. The molecule has 2 aromatic carbocycles. The van der Waals surface area contributed by atoms with Crippen molar-refractivity contribution >= 4 is 34.2 Å². The van der Waals surface area contributed by atoms with Crippen LogP contribution in [-0.4, -0.2) is 13.1 Å². The smallest absolute Gasteiger partial charge is 0.420 e. The van der Waals surface area contributed by atoms with Crippen molar-refractivity contribution in [2.75, 3.05) is 12.8 Å². The Balaban J connectivity index is 2.42. The molecule has 8 heteroatoms. The first-order chi connectivity index (χ1) is 10.7. The SMILES string of the molecule is COC(=O)c1cc(Oc2ccc(I)cc2C(F)(F)F)ccc1N.